The normalized spacial score (nSPS) is 18.5. The summed E-state index contributed by atoms with van der Waals surface area (Å²) < 4.78 is 0. The maximum atomic E-state index is 6.24. The van der Waals surface area contributed by atoms with Crippen LogP contribution in [0.1, 0.15) is 31.2 Å². The van der Waals surface area contributed by atoms with E-state index in [-0.39, 0.29) is 0 Å². The molecule has 1 aliphatic carbocycles. The summed E-state index contributed by atoms with van der Waals surface area (Å²) in [5, 5.41) is 4.81. The third kappa shape index (κ3) is 3.15. The van der Waals surface area contributed by atoms with E-state index in [9.17, 15) is 0 Å². The molecule has 3 heteroatoms. The fourth-order valence-electron chi connectivity index (χ4n) is 2.81. The second kappa shape index (κ2) is 6.08. The van der Waals surface area contributed by atoms with Gasteiger partial charge in [-0.25, -0.2) is 0 Å². The standard InChI is InChI=1S/C14H19Cl2N/c1-17-13(10-5-2-3-6-10)9-11-7-4-8-12(15)14(11)16/h4,7-8,10,13,17H,2-3,5-6,9H2,1H3. The molecule has 1 N–H and O–H groups in total. The van der Waals surface area contributed by atoms with Crippen molar-refractivity contribution >= 4 is 23.2 Å². The Morgan fingerprint density at radius 2 is 2.00 bits per heavy atom. The highest BCUT2D eigenvalue weighted by Crippen LogP contribution is 2.32. The predicted molar refractivity (Wildman–Crippen MR) is 75.0 cm³/mol. The number of benzene rings is 1. The minimum Gasteiger partial charge on any atom is -0.316 e. The van der Waals surface area contributed by atoms with Crippen LogP contribution in [0.3, 0.4) is 0 Å². The number of hydrogen-bond donors (Lipinski definition) is 1. The van der Waals surface area contributed by atoms with Gasteiger partial charge in [-0.05, 0) is 43.9 Å². The van der Waals surface area contributed by atoms with Crippen molar-refractivity contribution in [2.45, 2.75) is 38.1 Å². The van der Waals surface area contributed by atoms with Crippen molar-refractivity contribution < 1.29 is 0 Å². The van der Waals surface area contributed by atoms with Gasteiger partial charge >= 0.3 is 0 Å². The van der Waals surface area contributed by atoms with Crippen molar-refractivity contribution in [3.05, 3.63) is 33.8 Å². The van der Waals surface area contributed by atoms with Crippen LogP contribution in [0.15, 0.2) is 18.2 Å². The number of nitrogens with one attached hydrogen (secondary N) is 1. The summed E-state index contributed by atoms with van der Waals surface area (Å²) in [6.45, 7) is 0. The van der Waals surface area contributed by atoms with E-state index in [0.29, 0.717) is 16.1 Å². The first kappa shape index (κ1) is 13.2. The third-order valence-corrected chi connectivity index (χ3v) is 4.67. The van der Waals surface area contributed by atoms with E-state index >= 15 is 0 Å². The predicted octanol–water partition coefficient (Wildman–Crippen LogP) is 4.31. The van der Waals surface area contributed by atoms with Gasteiger partial charge in [0.2, 0.25) is 0 Å². The van der Waals surface area contributed by atoms with Gasteiger partial charge in [-0.3, -0.25) is 0 Å². The molecule has 0 amide bonds. The molecule has 2 rings (SSSR count). The van der Waals surface area contributed by atoms with Crippen LogP contribution in [0.25, 0.3) is 0 Å². The zero-order chi connectivity index (χ0) is 12.3. The molecule has 0 saturated heterocycles. The molecule has 0 heterocycles. The second-order valence-electron chi connectivity index (χ2n) is 4.86. The van der Waals surface area contributed by atoms with Crippen LogP contribution < -0.4 is 5.32 Å². The van der Waals surface area contributed by atoms with Crippen LogP contribution in [-0.4, -0.2) is 13.1 Å². The molecular weight excluding hydrogens is 253 g/mol. The van der Waals surface area contributed by atoms with Gasteiger partial charge in [0.05, 0.1) is 10.0 Å². The van der Waals surface area contributed by atoms with E-state index in [0.717, 1.165) is 17.9 Å². The highest BCUT2D eigenvalue weighted by atomic mass is 35.5. The highest BCUT2D eigenvalue weighted by Gasteiger charge is 2.24. The minimum atomic E-state index is 0.522. The third-order valence-electron chi connectivity index (χ3n) is 3.81. The van der Waals surface area contributed by atoms with Crippen LogP contribution in [0.4, 0.5) is 0 Å². The molecule has 0 aromatic heterocycles. The summed E-state index contributed by atoms with van der Waals surface area (Å²) in [4.78, 5) is 0. The van der Waals surface area contributed by atoms with Crippen LogP contribution in [-0.2, 0) is 6.42 Å². The summed E-state index contributed by atoms with van der Waals surface area (Å²) in [5.41, 5.74) is 1.16. The monoisotopic (exact) mass is 271 g/mol. The van der Waals surface area contributed by atoms with E-state index in [4.69, 9.17) is 23.2 Å². The average molecular weight is 272 g/mol. The van der Waals surface area contributed by atoms with Crippen molar-refractivity contribution in [3.63, 3.8) is 0 Å². The summed E-state index contributed by atoms with van der Waals surface area (Å²) in [6, 6.07) is 6.42. The molecule has 1 atom stereocenters. The van der Waals surface area contributed by atoms with E-state index in [1.807, 2.05) is 19.2 Å². The first-order valence-corrected chi connectivity index (χ1v) is 7.08. The Labute approximate surface area is 114 Å². The van der Waals surface area contributed by atoms with Gasteiger partial charge in [-0.15, -0.1) is 0 Å². The average Bonchev–Trinajstić information content (AvgIpc) is 2.85. The Balaban J connectivity index is 2.09. The van der Waals surface area contributed by atoms with E-state index < -0.39 is 0 Å². The molecule has 1 saturated carbocycles. The van der Waals surface area contributed by atoms with E-state index in [1.165, 1.54) is 25.7 Å². The molecule has 0 aliphatic heterocycles. The van der Waals surface area contributed by atoms with Gasteiger partial charge in [0.25, 0.3) is 0 Å². The maximum absolute atomic E-state index is 6.24. The van der Waals surface area contributed by atoms with Gasteiger partial charge in [0.15, 0.2) is 0 Å². The van der Waals surface area contributed by atoms with Gasteiger partial charge < -0.3 is 5.32 Å². The van der Waals surface area contributed by atoms with Crippen molar-refractivity contribution in [2.24, 2.45) is 5.92 Å². The number of likely N-dealkylation sites (N-methyl/N-ethyl adjacent to an activating group) is 1. The lowest BCUT2D eigenvalue weighted by Crippen LogP contribution is -2.34. The lowest BCUT2D eigenvalue weighted by molar-refractivity contribution is 0.377. The summed E-state index contributed by atoms with van der Waals surface area (Å²) in [7, 11) is 2.04. The largest absolute Gasteiger partial charge is 0.316 e. The minimum absolute atomic E-state index is 0.522. The molecule has 1 aromatic rings. The van der Waals surface area contributed by atoms with E-state index in [2.05, 4.69) is 11.4 Å². The Hall–Kier alpha value is -0.240. The zero-order valence-electron chi connectivity index (χ0n) is 10.2. The Bertz CT molecular complexity index is 372. The summed E-state index contributed by atoms with van der Waals surface area (Å²) >= 11 is 12.3. The van der Waals surface area contributed by atoms with Crippen molar-refractivity contribution in [1.29, 1.82) is 0 Å². The van der Waals surface area contributed by atoms with Gasteiger partial charge in [0.1, 0.15) is 0 Å². The van der Waals surface area contributed by atoms with Crippen LogP contribution in [0, 0.1) is 5.92 Å². The first-order valence-electron chi connectivity index (χ1n) is 6.32. The zero-order valence-corrected chi connectivity index (χ0v) is 11.7. The Morgan fingerprint density at radius 3 is 2.65 bits per heavy atom. The molecular formula is C14H19Cl2N. The molecule has 1 fully saturated rings. The smallest absolute Gasteiger partial charge is 0.0624 e. The molecule has 0 bridgehead atoms. The molecule has 1 unspecified atom stereocenters. The number of hydrogen-bond acceptors (Lipinski definition) is 1. The topological polar surface area (TPSA) is 12.0 Å². The maximum Gasteiger partial charge on any atom is 0.0624 e. The molecule has 0 spiro atoms. The molecule has 94 valence electrons. The van der Waals surface area contributed by atoms with E-state index in [1.54, 1.807) is 0 Å². The highest BCUT2D eigenvalue weighted by molar-refractivity contribution is 6.42. The first-order chi connectivity index (χ1) is 8.22. The Kier molecular flexibility index (Phi) is 4.72. The van der Waals surface area contributed by atoms with Crippen LogP contribution >= 0.6 is 23.2 Å². The lowest BCUT2D eigenvalue weighted by Gasteiger charge is -2.23. The SMILES string of the molecule is CNC(Cc1cccc(Cl)c1Cl)C1CCCC1. The number of rotatable bonds is 4. The van der Waals surface area contributed by atoms with Crippen LogP contribution in [0.5, 0.6) is 0 Å². The fraction of sp³-hybridized carbons (Fsp3) is 0.571. The van der Waals surface area contributed by atoms with Crippen molar-refractivity contribution in [2.75, 3.05) is 7.05 Å². The quantitative estimate of drug-likeness (QED) is 0.861. The second-order valence-corrected chi connectivity index (χ2v) is 5.64. The van der Waals surface area contributed by atoms with Crippen molar-refractivity contribution in [1.82, 2.24) is 5.32 Å². The lowest BCUT2D eigenvalue weighted by atomic mass is 9.92. The number of halogens is 2. The summed E-state index contributed by atoms with van der Waals surface area (Å²) in [6.07, 6.45) is 6.38. The molecule has 17 heavy (non-hydrogen) atoms. The molecule has 1 aromatic carbocycles. The van der Waals surface area contributed by atoms with Gasteiger partial charge in [0, 0.05) is 6.04 Å². The molecule has 0 radical (unpaired) electrons. The van der Waals surface area contributed by atoms with Gasteiger partial charge in [-0.2, -0.15) is 0 Å². The van der Waals surface area contributed by atoms with Gasteiger partial charge in [-0.1, -0.05) is 48.2 Å². The summed E-state index contributed by atoms with van der Waals surface area (Å²) in [5.74, 6) is 0.787. The van der Waals surface area contributed by atoms with Crippen molar-refractivity contribution in [3.8, 4) is 0 Å². The molecule has 1 aliphatic rings. The fourth-order valence-corrected chi connectivity index (χ4v) is 3.20. The molecule has 1 nitrogen and oxygen atoms in total. The van der Waals surface area contributed by atoms with Crippen LogP contribution in [0.2, 0.25) is 10.0 Å². The Morgan fingerprint density at radius 1 is 1.29 bits per heavy atom.